The molecule has 0 amide bonds. The van der Waals surface area contributed by atoms with Crippen LogP contribution >= 0.6 is 11.8 Å². The standard InChI is InChI=1S/C9H14N2OS/c1-11-5-4-7(10-11)9(12)8-3-2-6-13-8/h4-5,8-9,12H,2-3,6H2,1H3. The van der Waals surface area contributed by atoms with Gasteiger partial charge in [-0.15, -0.1) is 0 Å². The highest BCUT2D eigenvalue weighted by Crippen LogP contribution is 2.35. The number of rotatable bonds is 2. The lowest BCUT2D eigenvalue weighted by Gasteiger charge is -2.14. The number of thioether (sulfide) groups is 1. The molecule has 1 aromatic heterocycles. The third-order valence-corrected chi connectivity index (χ3v) is 3.80. The predicted octanol–water partition coefficient (Wildman–Crippen LogP) is 1.35. The quantitative estimate of drug-likeness (QED) is 0.779. The lowest BCUT2D eigenvalue weighted by molar-refractivity contribution is 0.167. The Labute approximate surface area is 82.1 Å². The fraction of sp³-hybridized carbons (Fsp3) is 0.667. The van der Waals surface area contributed by atoms with E-state index >= 15 is 0 Å². The van der Waals surface area contributed by atoms with Gasteiger partial charge in [-0.25, -0.2) is 0 Å². The van der Waals surface area contributed by atoms with Crippen molar-refractivity contribution in [3.05, 3.63) is 18.0 Å². The first-order chi connectivity index (χ1) is 6.27. The molecule has 1 aromatic rings. The molecule has 1 aliphatic rings. The molecular weight excluding hydrogens is 184 g/mol. The highest BCUT2D eigenvalue weighted by atomic mass is 32.2. The van der Waals surface area contributed by atoms with Gasteiger partial charge in [0.1, 0.15) is 6.10 Å². The Morgan fingerprint density at radius 2 is 2.62 bits per heavy atom. The molecule has 2 atom stereocenters. The largest absolute Gasteiger partial charge is 0.386 e. The van der Waals surface area contributed by atoms with Crippen molar-refractivity contribution in [3.8, 4) is 0 Å². The fourth-order valence-electron chi connectivity index (χ4n) is 1.63. The molecule has 1 N–H and O–H groups in total. The van der Waals surface area contributed by atoms with Crippen molar-refractivity contribution < 1.29 is 5.11 Å². The average Bonchev–Trinajstić information content (AvgIpc) is 2.72. The minimum absolute atomic E-state index is 0.356. The summed E-state index contributed by atoms with van der Waals surface area (Å²) in [7, 11) is 1.87. The third kappa shape index (κ3) is 1.89. The molecule has 0 aromatic carbocycles. The van der Waals surface area contributed by atoms with E-state index < -0.39 is 0 Å². The number of aliphatic hydroxyl groups is 1. The second kappa shape index (κ2) is 3.72. The minimum atomic E-state index is -0.381. The van der Waals surface area contributed by atoms with Gasteiger partial charge in [0.2, 0.25) is 0 Å². The highest BCUT2D eigenvalue weighted by molar-refractivity contribution is 8.00. The Bertz CT molecular complexity index is 281. The van der Waals surface area contributed by atoms with Crippen LogP contribution in [-0.4, -0.2) is 25.9 Å². The second-order valence-electron chi connectivity index (χ2n) is 3.41. The molecule has 3 nitrogen and oxygen atoms in total. The molecule has 0 spiro atoms. The SMILES string of the molecule is Cn1ccc(C(O)C2CCCS2)n1. The van der Waals surface area contributed by atoms with Gasteiger partial charge in [-0.2, -0.15) is 16.9 Å². The normalized spacial score (nSPS) is 24.9. The number of aryl methyl sites for hydroxylation is 1. The van der Waals surface area contributed by atoms with Crippen LogP contribution in [0.1, 0.15) is 24.6 Å². The van der Waals surface area contributed by atoms with Crippen LogP contribution in [-0.2, 0) is 7.05 Å². The Balaban J connectivity index is 2.07. The molecule has 1 aliphatic heterocycles. The van der Waals surface area contributed by atoms with Gasteiger partial charge in [-0.1, -0.05) is 0 Å². The summed E-state index contributed by atoms with van der Waals surface area (Å²) in [5, 5.41) is 14.5. The highest BCUT2D eigenvalue weighted by Gasteiger charge is 2.26. The summed E-state index contributed by atoms with van der Waals surface area (Å²) in [6, 6.07) is 1.89. The number of hydrogen-bond acceptors (Lipinski definition) is 3. The molecule has 13 heavy (non-hydrogen) atoms. The molecule has 0 bridgehead atoms. The lowest BCUT2D eigenvalue weighted by atomic mass is 10.1. The van der Waals surface area contributed by atoms with Gasteiger partial charge in [0.05, 0.1) is 5.69 Å². The molecule has 4 heteroatoms. The second-order valence-corrected chi connectivity index (χ2v) is 4.76. The zero-order valence-electron chi connectivity index (χ0n) is 7.68. The molecule has 2 heterocycles. The van der Waals surface area contributed by atoms with Gasteiger partial charge in [-0.3, -0.25) is 4.68 Å². The van der Waals surface area contributed by atoms with Crippen molar-refractivity contribution in [1.82, 2.24) is 9.78 Å². The fourth-order valence-corrected chi connectivity index (χ4v) is 2.92. The van der Waals surface area contributed by atoms with Crippen LogP contribution in [0, 0.1) is 0 Å². The van der Waals surface area contributed by atoms with Gasteiger partial charge in [0.15, 0.2) is 0 Å². The van der Waals surface area contributed by atoms with Gasteiger partial charge in [0.25, 0.3) is 0 Å². The van der Waals surface area contributed by atoms with Gasteiger partial charge >= 0.3 is 0 Å². The maximum absolute atomic E-state index is 9.94. The Hall–Kier alpha value is -0.480. The van der Waals surface area contributed by atoms with Crippen LogP contribution in [0.15, 0.2) is 12.3 Å². The Kier molecular flexibility index (Phi) is 2.60. The minimum Gasteiger partial charge on any atom is -0.386 e. The first kappa shape index (κ1) is 9.09. The predicted molar refractivity (Wildman–Crippen MR) is 53.6 cm³/mol. The third-order valence-electron chi connectivity index (χ3n) is 2.35. The molecular formula is C9H14N2OS. The molecule has 0 radical (unpaired) electrons. The van der Waals surface area contributed by atoms with E-state index in [1.54, 1.807) is 4.68 Å². The molecule has 0 aliphatic carbocycles. The Morgan fingerprint density at radius 1 is 1.77 bits per heavy atom. The first-order valence-electron chi connectivity index (χ1n) is 4.56. The molecule has 2 unspecified atom stereocenters. The smallest absolute Gasteiger partial charge is 0.110 e. The maximum atomic E-state index is 9.94. The number of aliphatic hydroxyl groups excluding tert-OH is 1. The number of nitrogens with zero attached hydrogens (tertiary/aromatic N) is 2. The van der Waals surface area contributed by atoms with Crippen molar-refractivity contribution >= 4 is 11.8 Å². The molecule has 72 valence electrons. The van der Waals surface area contributed by atoms with Crippen molar-refractivity contribution in [2.24, 2.45) is 7.05 Å². The van der Waals surface area contributed by atoms with Crippen LogP contribution in [0.4, 0.5) is 0 Å². The van der Waals surface area contributed by atoms with Crippen molar-refractivity contribution in [2.45, 2.75) is 24.2 Å². The monoisotopic (exact) mass is 198 g/mol. The van der Waals surface area contributed by atoms with Crippen LogP contribution in [0.3, 0.4) is 0 Å². The van der Waals surface area contributed by atoms with Crippen molar-refractivity contribution in [1.29, 1.82) is 0 Å². The summed E-state index contributed by atoms with van der Waals surface area (Å²) in [5.74, 6) is 1.18. The van der Waals surface area contributed by atoms with E-state index in [0.717, 1.165) is 12.1 Å². The summed E-state index contributed by atoms with van der Waals surface area (Å²) in [4.78, 5) is 0. The Morgan fingerprint density at radius 3 is 3.15 bits per heavy atom. The summed E-state index contributed by atoms with van der Waals surface area (Å²) >= 11 is 1.86. The number of hydrogen-bond donors (Lipinski definition) is 1. The van der Waals surface area contributed by atoms with Crippen LogP contribution < -0.4 is 0 Å². The lowest BCUT2D eigenvalue weighted by Crippen LogP contribution is -2.12. The van der Waals surface area contributed by atoms with Gasteiger partial charge < -0.3 is 5.11 Å². The molecule has 1 saturated heterocycles. The van der Waals surface area contributed by atoms with E-state index in [1.165, 1.54) is 12.2 Å². The van der Waals surface area contributed by atoms with E-state index in [2.05, 4.69) is 5.10 Å². The van der Waals surface area contributed by atoms with Crippen LogP contribution in [0.25, 0.3) is 0 Å². The zero-order valence-corrected chi connectivity index (χ0v) is 8.50. The number of aromatic nitrogens is 2. The van der Waals surface area contributed by atoms with Crippen molar-refractivity contribution in [2.75, 3.05) is 5.75 Å². The summed E-state index contributed by atoms with van der Waals surface area (Å²) in [5.41, 5.74) is 0.807. The van der Waals surface area contributed by atoms with E-state index in [1.807, 2.05) is 31.1 Å². The van der Waals surface area contributed by atoms with Crippen LogP contribution in [0.2, 0.25) is 0 Å². The van der Waals surface area contributed by atoms with E-state index in [4.69, 9.17) is 0 Å². The van der Waals surface area contributed by atoms with Gasteiger partial charge in [0, 0.05) is 18.5 Å². The molecule has 1 fully saturated rings. The van der Waals surface area contributed by atoms with Gasteiger partial charge in [-0.05, 0) is 24.7 Å². The van der Waals surface area contributed by atoms with Crippen molar-refractivity contribution in [3.63, 3.8) is 0 Å². The first-order valence-corrected chi connectivity index (χ1v) is 5.61. The van der Waals surface area contributed by atoms with E-state index in [-0.39, 0.29) is 6.10 Å². The van der Waals surface area contributed by atoms with E-state index in [0.29, 0.717) is 5.25 Å². The molecule has 0 saturated carbocycles. The zero-order chi connectivity index (χ0) is 9.26. The summed E-state index contributed by atoms with van der Waals surface area (Å²) in [6.07, 6.45) is 3.83. The average molecular weight is 198 g/mol. The topological polar surface area (TPSA) is 38.0 Å². The summed E-state index contributed by atoms with van der Waals surface area (Å²) < 4.78 is 1.73. The van der Waals surface area contributed by atoms with E-state index in [9.17, 15) is 5.11 Å². The maximum Gasteiger partial charge on any atom is 0.110 e. The van der Waals surface area contributed by atoms with Crippen LogP contribution in [0.5, 0.6) is 0 Å². The molecule has 2 rings (SSSR count). The summed E-state index contributed by atoms with van der Waals surface area (Å²) in [6.45, 7) is 0.